The molecular formula is C12H17N3O3. The predicted octanol–water partition coefficient (Wildman–Crippen LogP) is -0.278. The van der Waals surface area contributed by atoms with Crippen LogP contribution in [0.2, 0.25) is 0 Å². The van der Waals surface area contributed by atoms with Crippen LogP contribution in [0, 0.1) is 5.92 Å². The van der Waals surface area contributed by atoms with E-state index < -0.39 is 5.79 Å². The fourth-order valence-corrected chi connectivity index (χ4v) is 3.01. The van der Waals surface area contributed by atoms with Crippen molar-refractivity contribution in [3.63, 3.8) is 0 Å². The summed E-state index contributed by atoms with van der Waals surface area (Å²) in [6.07, 6.45) is 1.58. The molecular weight excluding hydrogens is 234 g/mol. The number of hydrogen-bond acceptors (Lipinski definition) is 6. The number of carbonyl (C=O) groups excluding carboxylic acids is 1. The van der Waals surface area contributed by atoms with Crippen LogP contribution in [0.3, 0.4) is 0 Å². The first-order chi connectivity index (χ1) is 8.60. The van der Waals surface area contributed by atoms with Gasteiger partial charge in [-0.1, -0.05) is 0 Å². The average Bonchev–Trinajstić information content (AvgIpc) is 2.75. The number of ether oxygens (including phenoxy) is 2. The maximum absolute atomic E-state index is 12.1. The third-order valence-corrected chi connectivity index (χ3v) is 3.93. The number of likely N-dealkylation sites (N-methyl/N-ethyl adjacent to an activating group) is 1. The van der Waals surface area contributed by atoms with Gasteiger partial charge in [0.25, 0.3) is 0 Å². The topological polar surface area (TPSA) is 63.2 Å². The molecule has 2 heterocycles. The van der Waals surface area contributed by atoms with Crippen LogP contribution < -0.4 is 5.43 Å². The molecule has 6 heteroatoms. The van der Waals surface area contributed by atoms with Crippen molar-refractivity contribution in [2.45, 2.75) is 18.8 Å². The molecule has 0 amide bonds. The molecule has 1 N–H and O–H groups in total. The van der Waals surface area contributed by atoms with Crippen molar-refractivity contribution in [3.05, 3.63) is 11.8 Å². The molecule has 0 bridgehead atoms. The van der Waals surface area contributed by atoms with Gasteiger partial charge in [-0.25, -0.2) is 0 Å². The fraction of sp³-hybridized carbons (Fsp3) is 0.667. The standard InChI is InChI=1S/C12H17N3O3/c1-7-10-11(14-13-7)8(16)6-9-12(10,17-3)18-5-4-15(9)2/h6-7,10,13H,4-5H2,1-3H3/t7-,10-,12-/m0/s1. The first-order valence-corrected chi connectivity index (χ1v) is 6.10. The molecule has 0 unspecified atom stereocenters. The number of fused-ring (bicyclic) bond motifs is 3. The van der Waals surface area contributed by atoms with Crippen LogP contribution in [0.15, 0.2) is 16.9 Å². The summed E-state index contributed by atoms with van der Waals surface area (Å²) in [5.74, 6) is -1.14. The van der Waals surface area contributed by atoms with Crippen molar-refractivity contribution in [2.75, 3.05) is 27.3 Å². The summed E-state index contributed by atoms with van der Waals surface area (Å²) in [7, 11) is 3.57. The van der Waals surface area contributed by atoms with Gasteiger partial charge in [0.15, 0.2) is 0 Å². The molecule has 3 rings (SSSR count). The van der Waals surface area contributed by atoms with Gasteiger partial charge in [-0.3, -0.25) is 4.79 Å². The number of morpholine rings is 1. The van der Waals surface area contributed by atoms with Crippen molar-refractivity contribution >= 4 is 11.5 Å². The van der Waals surface area contributed by atoms with Gasteiger partial charge in [0.05, 0.1) is 24.3 Å². The highest BCUT2D eigenvalue weighted by atomic mass is 16.7. The zero-order valence-electron chi connectivity index (χ0n) is 10.8. The van der Waals surface area contributed by atoms with Crippen LogP contribution in [0.1, 0.15) is 6.92 Å². The maximum atomic E-state index is 12.1. The van der Waals surface area contributed by atoms with Crippen molar-refractivity contribution in [2.24, 2.45) is 11.0 Å². The third-order valence-electron chi connectivity index (χ3n) is 3.93. The smallest absolute Gasteiger partial charge is 0.220 e. The predicted molar refractivity (Wildman–Crippen MR) is 64.9 cm³/mol. The number of methoxy groups -OCH3 is 1. The van der Waals surface area contributed by atoms with Crippen LogP contribution in [-0.4, -0.2) is 55.5 Å². The van der Waals surface area contributed by atoms with Gasteiger partial charge < -0.3 is 19.8 Å². The van der Waals surface area contributed by atoms with Crippen LogP contribution in [-0.2, 0) is 14.3 Å². The normalized spacial score (nSPS) is 38.6. The highest BCUT2D eigenvalue weighted by Crippen LogP contribution is 2.42. The van der Waals surface area contributed by atoms with Crippen LogP contribution >= 0.6 is 0 Å². The number of ketones is 1. The Kier molecular flexibility index (Phi) is 2.46. The molecule has 0 aromatic carbocycles. The van der Waals surface area contributed by atoms with Gasteiger partial charge in [-0.15, -0.1) is 0 Å². The van der Waals surface area contributed by atoms with Crippen LogP contribution in [0.5, 0.6) is 0 Å². The highest BCUT2D eigenvalue weighted by Gasteiger charge is 2.57. The Morgan fingerprint density at radius 2 is 2.44 bits per heavy atom. The molecule has 1 aliphatic carbocycles. The summed E-state index contributed by atoms with van der Waals surface area (Å²) in [5, 5.41) is 4.12. The van der Waals surface area contributed by atoms with Crippen LogP contribution in [0.4, 0.5) is 0 Å². The zero-order chi connectivity index (χ0) is 12.9. The molecule has 0 radical (unpaired) electrons. The number of hydrogen-bond donors (Lipinski definition) is 1. The van der Waals surface area contributed by atoms with E-state index in [1.54, 1.807) is 13.2 Å². The summed E-state index contributed by atoms with van der Waals surface area (Å²) in [5.41, 5.74) is 4.25. The SMILES string of the molecule is CO[C@]12OCCN(C)C1=CC(=O)C1=NN[C@@H](C)[C@@H]12. The Bertz CT molecular complexity index is 459. The van der Waals surface area contributed by atoms with Gasteiger partial charge in [0, 0.05) is 26.8 Å². The van der Waals surface area contributed by atoms with E-state index in [1.807, 2.05) is 18.9 Å². The monoisotopic (exact) mass is 251 g/mol. The van der Waals surface area contributed by atoms with E-state index in [4.69, 9.17) is 9.47 Å². The number of nitrogens with zero attached hydrogens (tertiary/aromatic N) is 2. The minimum Gasteiger partial charge on any atom is -0.371 e. The summed E-state index contributed by atoms with van der Waals surface area (Å²) < 4.78 is 11.6. The number of rotatable bonds is 1. The van der Waals surface area contributed by atoms with E-state index in [0.29, 0.717) is 12.3 Å². The molecule has 1 fully saturated rings. The average molecular weight is 251 g/mol. The Hall–Kier alpha value is -1.40. The lowest BCUT2D eigenvalue weighted by atomic mass is 9.79. The molecule has 1 saturated heterocycles. The van der Waals surface area contributed by atoms with Gasteiger partial charge in [-0.2, -0.15) is 5.10 Å². The quantitative estimate of drug-likeness (QED) is 0.694. The minimum atomic E-state index is -0.886. The molecule has 98 valence electrons. The third kappa shape index (κ3) is 1.30. The van der Waals surface area contributed by atoms with E-state index in [0.717, 1.165) is 12.2 Å². The molecule has 0 saturated carbocycles. The van der Waals surface area contributed by atoms with Crippen molar-refractivity contribution < 1.29 is 14.3 Å². The summed E-state index contributed by atoms with van der Waals surface area (Å²) in [6.45, 7) is 3.31. The summed E-state index contributed by atoms with van der Waals surface area (Å²) >= 11 is 0. The number of carbonyl (C=O) groups is 1. The summed E-state index contributed by atoms with van der Waals surface area (Å²) in [6, 6.07) is 0.0131. The lowest BCUT2D eigenvalue weighted by Gasteiger charge is -2.48. The Morgan fingerprint density at radius 1 is 1.67 bits per heavy atom. The van der Waals surface area contributed by atoms with Gasteiger partial charge in [-0.05, 0) is 6.92 Å². The molecule has 0 spiro atoms. The Labute approximate surface area is 106 Å². The molecule has 6 nitrogen and oxygen atoms in total. The van der Waals surface area contributed by atoms with E-state index >= 15 is 0 Å². The largest absolute Gasteiger partial charge is 0.371 e. The lowest BCUT2D eigenvalue weighted by molar-refractivity contribution is -0.245. The maximum Gasteiger partial charge on any atom is 0.220 e. The molecule has 2 aliphatic heterocycles. The van der Waals surface area contributed by atoms with E-state index in [9.17, 15) is 4.79 Å². The number of hydrazone groups is 1. The second kappa shape index (κ2) is 3.80. The molecule has 3 atom stereocenters. The zero-order valence-corrected chi connectivity index (χ0v) is 10.8. The molecule has 18 heavy (non-hydrogen) atoms. The van der Waals surface area contributed by atoms with Crippen LogP contribution in [0.25, 0.3) is 0 Å². The first kappa shape index (κ1) is 11.7. The van der Waals surface area contributed by atoms with Crippen molar-refractivity contribution in [1.82, 2.24) is 10.3 Å². The van der Waals surface area contributed by atoms with E-state index in [1.165, 1.54) is 0 Å². The summed E-state index contributed by atoms with van der Waals surface area (Å²) in [4.78, 5) is 14.1. The van der Waals surface area contributed by atoms with Gasteiger partial charge in [0.2, 0.25) is 11.6 Å². The van der Waals surface area contributed by atoms with Crippen molar-refractivity contribution in [1.29, 1.82) is 0 Å². The number of allylic oxidation sites excluding steroid dienone is 1. The second-order valence-corrected chi connectivity index (χ2v) is 4.93. The first-order valence-electron chi connectivity index (χ1n) is 6.10. The molecule has 0 aromatic heterocycles. The van der Waals surface area contributed by atoms with Gasteiger partial charge in [0.1, 0.15) is 5.71 Å². The fourth-order valence-electron chi connectivity index (χ4n) is 3.01. The van der Waals surface area contributed by atoms with Crippen molar-refractivity contribution in [3.8, 4) is 0 Å². The Morgan fingerprint density at radius 3 is 3.17 bits per heavy atom. The van der Waals surface area contributed by atoms with Gasteiger partial charge >= 0.3 is 0 Å². The van der Waals surface area contributed by atoms with E-state index in [-0.39, 0.29) is 17.7 Å². The number of nitrogens with one attached hydrogen (secondary N) is 1. The molecule has 3 aliphatic rings. The van der Waals surface area contributed by atoms with E-state index in [2.05, 4.69) is 10.5 Å². The second-order valence-electron chi connectivity index (χ2n) is 4.93. The minimum absolute atomic E-state index is 0.0131. The molecule has 0 aromatic rings. The lowest BCUT2D eigenvalue weighted by Crippen LogP contribution is -2.61. The highest BCUT2D eigenvalue weighted by molar-refractivity contribution is 6.46. The Balaban J connectivity index is 2.15.